The lowest BCUT2D eigenvalue weighted by molar-refractivity contribution is 0.112. The highest BCUT2D eigenvalue weighted by Crippen LogP contribution is 2.20. The number of fused-ring (bicyclic) bond motifs is 1. The molecule has 0 amide bonds. The Morgan fingerprint density at radius 2 is 1.80 bits per heavy atom. The number of carbonyl (C=O) groups excluding carboxylic acids is 1. The van der Waals surface area contributed by atoms with Crippen molar-refractivity contribution < 1.29 is 9.53 Å². The van der Waals surface area contributed by atoms with Gasteiger partial charge in [0.1, 0.15) is 18.6 Å². The molecule has 148 valence electrons. The zero-order chi connectivity index (χ0) is 20.8. The van der Waals surface area contributed by atoms with Gasteiger partial charge in [-0.1, -0.05) is 72.3 Å². The van der Waals surface area contributed by atoms with Crippen molar-refractivity contribution >= 4 is 34.9 Å². The van der Waals surface area contributed by atoms with Gasteiger partial charge in [-0.15, -0.1) is 0 Å². The van der Waals surface area contributed by atoms with Crippen LogP contribution in [0.1, 0.15) is 27.2 Å². The number of benzene rings is 3. The smallest absolute Gasteiger partial charge is 0.150 e. The van der Waals surface area contributed by atoms with Crippen LogP contribution in [-0.2, 0) is 13.0 Å². The maximum absolute atomic E-state index is 11.1. The second-order valence-corrected chi connectivity index (χ2v) is 7.36. The normalized spacial score (nSPS) is 11.1. The standard InChI is InChI=1S/C26H20ClNO2/c27-23-13-11-21-12-14-24(28-26(21)16-23)18-30-25-10-4-6-19(15-25)5-3-9-20-7-1-2-8-22(20)17-29/h1-8,10-17H,9,18H2/b5-3+. The largest absolute Gasteiger partial charge is 0.487 e. The van der Waals surface area contributed by atoms with Crippen LogP contribution in [0.4, 0.5) is 0 Å². The summed E-state index contributed by atoms with van der Waals surface area (Å²) in [5.74, 6) is 0.776. The van der Waals surface area contributed by atoms with Gasteiger partial charge in [0, 0.05) is 16.0 Å². The predicted molar refractivity (Wildman–Crippen MR) is 122 cm³/mol. The Morgan fingerprint density at radius 3 is 2.70 bits per heavy atom. The van der Waals surface area contributed by atoms with E-state index in [0.717, 1.165) is 45.3 Å². The zero-order valence-electron chi connectivity index (χ0n) is 16.3. The molecule has 4 rings (SSSR count). The minimum Gasteiger partial charge on any atom is -0.487 e. The van der Waals surface area contributed by atoms with E-state index in [1.165, 1.54) is 0 Å². The van der Waals surface area contributed by atoms with Crippen LogP contribution in [-0.4, -0.2) is 11.3 Å². The van der Waals surface area contributed by atoms with Gasteiger partial charge in [0.05, 0.1) is 11.2 Å². The fraction of sp³-hybridized carbons (Fsp3) is 0.0769. The number of allylic oxidation sites excluding steroid dienone is 1. The molecule has 3 aromatic carbocycles. The Bertz CT molecular complexity index is 1220. The van der Waals surface area contributed by atoms with Crippen molar-refractivity contribution in [3.63, 3.8) is 0 Å². The zero-order valence-corrected chi connectivity index (χ0v) is 17.0. The van der Waals surface area contributed by atoms with E-state index < -0.39 is 0 Å². The lowest BCUT2D eigenvalue weighted by atomic mass is 10.0. The predicted octanol–water partition coefficient (Wildman–Crippen LogP) is 6.54. The first-order valence-electron chi connectivity index (χ1n) is 9.69. The van der Waals surface area contributed by atoms with Gasteiger partial charge < -0.3 is 4.74 Å². The molecule has 0 atom stereocenters. The van der Waals surface area contributed by atoms with E-state index in [4.69, 9.17) is 16.3 Å². The van der Waals surface area contributed by atoms with E-state index in [9.17, 15) is 4.79 Å². The number of ether oxygens (including phenoxy) is 1. The van der Waals surface area contributed by atoms with E-state index in [1.807, 2.05) is 84.9 Å². The number of pyridine rings is 1. The fourth-order valence-electron chi connectivity index (χ4n) is 3.24. The number of rotatable bonds is 7. The maximum atomic E-state index is 11.1. The van der Waals surface area contributed by atoms with Crippen molar-refractivity contribution in [3.8, 4) is 5.75 Å². The monoisotopic (exact) mass is 413 g/mol. The van der Waals surface area contributed by atoms with E-state index in [2.05, 4.69) is 11.1 Å². The van der Waals surface area contributed by atoms with Crippen LogP contribution in [0.25, 0.3) is 17.0 Å². The summed E-state index contributed by atoms with van der Waals surface area (Å²) < 4.78 is 5.94. The number of hydrogen-bond acceptors (Lipinski definition) is 3. The van der Waals surface area contributed by atoms with Crippen LogP contribution < -0.4 is 4.74 Å². The van der Waals surface area contributed by atoms with Crippen molar-refractivity contribution in [1.82, 2.24) is 4.98 Å². The molecular formula is C26H20ClNO2. The van der Waals surface area contributed by atoms with Gasteiger partial charge in [0.2, 0.25) is 0 Å². The molecular weight excluding hydrogens is 394 g/mol. The SMILES string of the molecule is O=Cc1ccccc1C/C=C/c1cccc(OCc2ccc3ccc(Cl)cc3n2)c1. The molecule has 0 aliphatic heterocycles. The third kappa shape index (κ3) is 4.94. The molecule has 1 heterocycles. The molecule has 0 unspecified atom stereocenters. The summed E-state index contributed by atoms with van der Waals surface area (Å²) in [4.78, 5) is 15.8. The van der Waals surface area contributed by atoms with Crippen LogP contribution >= 0.6 is 11.6 Å². The summed E-state index contributed by atoms with van der Waals surface area (Å²) >= 11 is 6.06. The Kier molecular flexibility index (Phi) is 6.21. The molecule has 0 bridgehead atoms. The quantitative estimate of drug-likeness (QED) is 0.323. The number of aromatic nitrogens is 1. The minimum atomic E-state index is 0.377. The Hall–Kier alpha value is -3.43. The van der Waals surface area contributed by atoms with Crippen molar-refractivity contribution in [2.75, 3.05) is 0 Å². The second kappa shape index (κ2) is 9.38. The molecule has 0 fully saturated rings. The maximum Gasteiger partial charge on any atom is 0.150 e. The summed E-state index contributed by atoms with van der Waals surface area (Å²) in [6, 6.07) is 25.2. The molecule has 30 heavy (non-hydrogen) atoms. The fourth-order valence-corrected chi connectivity index (χ4v) is 3.40. The number of nitrogens with zero attached hydrogens (tertiary/aromatic N) is 1. The number of halogens is 1. The highest BCUT2D eigenvalue weighted by molar-refractivity contribution is 6.31. The number of hydrogen-bond donors (Lipinski definition) is 0. The van der Waals surface area contributed by atoms with Crippen molar-refractivity contribution in [3.05, 3.63) is 112 Å². The van der Waals surface area contributed by atoms with Gasteiger partial charge in [-0.05, 0) is 47.9 Å². The molecule has 3 nitrogen and oxygen atoms in total. The first-order valence-corrected chi connectivity index (χ1v) is 10.1. The summed E-state index contributed by atoms with van der Waals surface area (Å²) in [5, 5.41) is 1.72. The van der Waals surface area contributed by atoms with Gasteiger partial charge in [-0.3, -0.25) is 4.79 Å². The summed E-state index contributed by atoms with van der Waals surface area (Å²) in [6.45, 7) is 0.377. The van der Waals surface area contributed by atoms with E-state index in [0.29, 0.717) is 18.1 Å². The lowest BCUT2D eigenvalue weighted by Gasteiger charge is -2.08. The lowest BCUT2D eigenvalue weighted by Crippen LogP contribution is -1.98. The van der Waals surface area contributed by atoms with Crippen LogP contribution in [0.3, 0.4) is 0 Å². The number of carbonyl (C=O) groups is 1. The highest BCUT2D eigenvalue weighted by Gasteiger charge is 2.02. The average Bonchev–Trinajstić information content (AvgIpc) is 2.78. The van der Waals surface area contributed by atoms with E-state index >= 15 is 0 Å². The molecule has 1 aromatic heterocycles. The Labute approximate surface area is 180 Å². The summed E-state index contributed by atoms with van der Waals surface area (Å²) in [5.41, 5.74) is 4.48. The first kappa shape index (κ1) is 19.9. The molecule has 0 aliphatic carbocycles. The number of aldehydes is 1. The van der Waals surface area contributed by atoms with Gasteiger partial charge in [-0.25, -0.2) is 4.98 Å². The average molecular weight is 414 g/mol. The molecule has 4 heteroatoms. The Balaban J connectivity index is 1.41. The van der Waals surface area contributed by atoms with Gasteiger partial charge >= 0.3 is 0 Å². The van der Waals surface area contributed by atoms with Crippen LogP contribution in [0, 0.1) is 0 Å². The molecule has 0 saturated heterocycles. The van der Waals surface area contributed by atoms with Crippen molar-refractivity contribution in [2.24, 2.45) is 0 Å². The summed E-state index contributed by atoms with van der Waals surface area (Å²) in [7, 11) is 0. The van der Waals surface area contributed by atoms with Gasteiger partial charge in [0.25, 0.3) is 0 Å². The molecule has 0 N–H and O–H groups in total. The van der Waals surface area contributed by atoms with Gasteiger partial charge in [0.15, 0.2) is 0 Å². The van der Waals surface area contributed by atoms with Crippen LogP contribution in [0.5, 0.6) is 5.75 Å². The molecule has 0 radical (unpaired) electrons. The van der Waals surface area contributed by atoms with Crippen LogP contribution in [0.15, 0.2) is 84.9 Å². The molecule has 4 aromatic rings. The van der Waals surface area contributed by atoms with Crippen molar-refractivity contribution in [1.29, 1.82) is 0 Å². The van der Waals surface area contributed by atoms with E-state index in [-0.39, 0.29) is 0 Å². The first-order chi connectivity index (χ1) is 14.7. The Morgan fingerprint density at radius 1 is 0.933 bits per heavy atom. The molecule has 0 aliphatic rings. The van der Waals surface area contributed by atoms with Crippen molar-refractivity contribution in [2.45, 2.75) is 13.0 Å². The molecule has 0 spiro atoms. The topological polar surface area (TPSA) is 39.2 Å². The third-order valence-electron chi connectivity index (χ3n) is 4.79. The van der Waals surface area contributed by atoms with Gasteiger partial charge in [-0.2, -0.15) is 0 Å². The second-order valence-electron chi connectivity index (χ2n) is 6.92. The minimum absolute atomic E-state index is 0.377. The van der Waals surface area contributed by atoms with E-state index in [1.54, 1.807) is 0 Å². The third-order valence-corrected chi connectivity index (χ3v) is 5.02. The molecule has 0 saturated carbocycles. The highest BCUT2D eigenvalue weighted by atomic mass is 35.5. The van der Waals surface area contributed by atoms with Crippen LogP contribution in [0.2, 0.25) is 5.02 Å². The summed E-state index contributed by atoms with van der Waals surface area (Å²) in [6.07, 6.45) is 5.68.